The molecule has 1 aromatic carbocycles. The number of benzene rings is 1. The molecule has 0 spiro atoms. The SMILES string of the molecule is Cc1cc([N+](=O)[O-])ccc1C(=O)N1CCC2NCCC2C1. The smallest absolute Gasteiger partial charge is 0.269 e. The van der Waals surface area contributed by atoms with E-state index in [0.29, 0.717) is 23.1 Å². The minimum Gasteiger partial charge on any atom is -0.338 e. The summed E-state index contributed by atoms with van der Waals surface area (Å²) in [5.41, 5.74) is 1.27. The third-order valence-corrected chi connectivity index (χ3v) is 4.59. The summed E-state index contributed by atoms with van der Waals surface area (Å²) in [4.78, 5) is 24.8. The number of hydrogen-bond acceptors (Lipinski definition) is 4. The quantitative estimate of drug-likeness (QED) is 0.664. The largest absolute Gasteiger partial charge is 0.338 e. The molecule has 2 atom stereocenters. The fourth-order valence-electron chi connectivity index (χ4n) is 3.40. The molecule has 1 amide bonds. The molecule has 0 bridgehead atoms. The maximum absolute atomic E-state index is 12.6. The van der Waals surface area contributed by atoms with Crippen molar-refractivity contribution in [2.75, 3.05) is 19.6 Å². The number of non-ortho nitro benzene ring substituents is 1. The van der Waals surface area contributed by atoms with Gasteiger partial charge < -0.3 is 10.2 Å². The zero-order valence-corrected chi connectivity index (χ0v) is 12.0. The predicted molar refractivity (Wildman–Crippen MR) is 78.3 cm³/mol. The third kappa shape index (κ3) is 2.63. The summed E-state index contributed by atoms with van der Waals surface area (Å²) < 4.78 is 0. The Morgan fingerprint density at radius 2 is 2.24 bits per heavy atom. The van der Waals surface area contributed by atoms with Crippen LogP contribution in [0, 0.1) is 23.0 Å². The Bertz CT molecular complexity index is 588. The van der Waals surface area contributed by atoms with Crippen LogP contribution < -0.4 is 5.32 Å². The number of carbonyl (C=O) groups is 1. The molecule has 2 aliphatic rings. The van der Waals surface area contributed by atoms with E-state index in [1.807, 2.05) is 4.90 Å². The molecule has 3 rings (SSSR count). The van der Waals surface area contributed by atoms with Crippen molar-refractivity contribution in [3.05, 3.63) is 39.4 Å². The van der Waals surface area contributed by atoms with Gasteiger partial charge in [-0.1, -0.05) is 0 Å². The van der Waals surface area contributed by atoms with E-state index in [1.165, 1.54) is 12.1 Å². The van der Waals surface area contributed by atoms with Gasteiger partial charge in [0, 0.05) is 36.8 Å². The zero-order valence-electron chi connectivity index (χ0n) is 12.0. The average Bonchev–Trinajstić information content (AvgIpc) is 2.93. The normalized spacial score (nSPS) is 24.7. The van der Waals surface area contributed by atoms with Gasteiger partial charge in [-0.05, 0) is 43.9 Å². The monoisotopic (exact) mass is 289 g/mol. The fraction of sp³-hybridized carbons (Fsp3) is 0.533. The first-order valence-corrected chi connectivity index (χ1v) is 7.34. The van der Waals surface area contributed by atoms with Gasteiger partial charge in [-0.3, -0.25) is 14.9 Å². The summed E-state index contributed by atoms with van der Waals surface area (Å²) in [7, 11) is 0. The summed E-state index contributed by atoms with van der Waals surface area (Å²) in [6.07, 6.45) is 2.11. The zero-order chi connectivity index (χ0) is 15.0. The molecule has 2 fully saturated rings. The van der Waals surface area contributed by atoms with Crippen LogP contribution in [-0.2, 0) is 0 Å². The molecule has 6 heteroatoms. The number of nitro benzene ring substituents is 1. The summed E-state index contributed by atoms with van der Waals surface area (Å²) in [5, 5.41) is 14.2. The van der Waals surface area contributed by atoms with Gasteiger partial charge in [0.15, 0.2) is 0 Å². The van der Waals surface area contributed by atoms with Crippen molar-refractivity contribution in [2.24, 2.45) is 5.92 Å². The van der Waals surface area contributed by atoms with Crippen LogP contribution in [0.2, 0.25) is 0 Å². The lowest BCUT2D eigenvalue weighted by Gasteiger charge is -2.35. The second kappa shape index (κ2) is 5.44. The van der Waals surface area contributed by atoms with E-state index in [9.17, 15) is 14.9 Å². The number of carbonyl (C=O) groups excluding carboxylic acids is 1. The van der Waals surface area contributed by atoms with Crippen molar-refractivity contribution < 1.29 is 9.72 Å². The summed E-state index contributed by atoms with van der Waals surface area (Å²) in [6.45, 7) is 4.33. The first kappa shape index (κ1) is 14.0. The molecule has 6 nitrogen and oxygen atoms in total. The van der Waals surface area contributed by atoms with Gasteiger partial charge in [0.05, 0.1) is 4.92 Å². The lowest BCUT2D eigenvalue weighted by atomic mass is 9.92. The van der Waals surface area contributed by atoms with Crippen LogP contribution in [0.25, 0.3) is 0 Å². The lowest BCUT2D eigenvalue weighted by Crippen LogP contribution is -2.47. The number of likely N-dealkylation sites (tertiary alicyclic amines) is 1. The van der Waals surface area contributed by atoms with Gasteiger partial charge in [-0.15, -0.1) is 0 Å². The molecule has 1 aromatic rings. The average molecular weight is 289 g/mol. The molecule has 2 unspecified atom stereocenters. The van der Waals surface area contributed by atoms with Crippen LogP contribution in [0.4, 0.5) is 5.69 Å². The second-order valence-electron chi connectivity index (χ2n) is 5.91. The molecule has 0 radical (unpaired) electrons. The van der Waals surface area contributed by atoms with Crippen LogP contribution >= 0.6 is 0 Å². The number of rotatable bonds is 2. The summed E-state index contributed by atoms with van der Waals surface area (Å²) >= 11 is 0. The van der Waals surface area contributed by atoms with E-state index < -0.39 is 4.92 Å². The molecular weight excluding hydrogens is 270 g/mol. The van der Waals surface area contributed by atoms with Crippen molar-refractivity contribution in [3.8, 4) is 0 Å². The van der Waals surface area contributed by atoms with E-state index >= 15 is 0 Å². The number of nitrogens with zero attached hydrogens (tertiary/aromatic N) is 2. The molecule has 2 heterocycles. The Morgan fingerprint density at radius 3 is 2.95 bits per heavy atom. The Balaban J connectivity index is 1.77. The number of fused-ring (bicyclic) bond motifs is 1. The van der Waals surface area contributed by atoms with Gasteiger partial charge >= 0.3 is 0 Å². The highest BCUT2D eigenvalue weighted by Crippen LogP contribution is 2.26. The molecule has 2 aliphatic heterocycles. The van der Waals surface area contributed by atoms with Gasteiger partial charge in [-0.25, -0.2) is 0 Å². The van der Waals surface area contributed by atoms with Gasteiger partial charge in [0.2, 0.25) is 0 Å². The third-order valence-electron chi connectivity index (χ3n) is 4.59. The number of amides is 1. The molecular formula is C15H19N3O3. The highest BCUT2D eigenvalue weighted by Gasteiger charge is 2.34. The summed E-state index contributed by atoms with van der Waals surface area (Å²) in [5.74, 6) is 0.536. The minimum absolute atomic E-state index is 0.00671. The number of nitrogens with one attached hydrogen (secondary N) is 1. The number of aryl methyl sites for hydroxylation is 1. The molecule has 21 heavy (non-hydrogen) atoms. The second-order valence-corrected chi connectivity index (χ2v) is 5.91. The van der Waals surface area contributed by atoms with Crippen LogP contribution in [0.3, 0.4) is 0 Å². The van der Waals surface area contributed by atoms with Gasteiger partial charge in [0.1, 0.15) is 0 Å². The first-order valence-electron chi connectivity index (χ1n) is 7.34. The standard InChI is InChI=1S/C15H19N3O3/c1-10-8-12(18(20)21)2-3-13(10)15(19)17-7-5-14-11(9-17)4-6-16-14/h2-3,8,11,14,16H,4-7,9H2,1H3. The lowest BCUT2D eigenvalue weighted by molar-refractivity contribution is -0.384. The highest BCUT2D eigenvalue weighted by atomic mass is 16.6. The molecule has 0 saturated carbocycles. The number of nitro groups is 1. The minimum atomic E-state index is -0.434. The maximum Gasteiger partial charge on any atom is 0.269 e. The van der Waals surface area contributed by atoms with E-state index in [1.54, 1.807) is 13.0 Å². The van der Waals surface area contributed by atoms with Crippen LogP contribution in [-0.4, -0.2) is 41.4 Å². The van der Waals surface area contributed by atoms with Crippen molar-refractivity contribution in [1.29, 1.82) is 0 Å². The Hall–Kier alpha value is -1.95. The Labute approximate surface area is 123 Å². The highest BCUT2D eigenvalue weighted by molar-refractivity contribution is 5.96. The molecule has 1 N–H and O–H groups in total. The van der Waals surface area contributed by atoms with Crippen LogP contribution in [0.5, 0.6) is 0 Å². The Kier molecular flexibility index (Phi) is 3.63. The van der Waals surface area contributed by atoms with E-state index in [-0.39, 0.29) is 11.6 Å². The topological polar surface area (TPSA) is 75.5 Å². The van der Waals surface area contributed by atoms with Crippen molar-refractivity contribution >= 4 is 11.6 Å². The predicted octanol–water partition coefficient (Wildman–Crippen LogP) is 1.73. The first-order chi connectivity index (χ1) is 10.1. The number of hydrogen-bond donors (Lipinski definition) is 1. The van der Waals surface area contributed by atoms with E-state index in [4.69, 9.17) is 0 Å². The molecule has 2 saturated heterocycles. The number of piperidine rings is 1. The Morgan fingerprint density at radius 1 is 1.43 bits per heavy atom. The van der Waals surface area contributed by atoms with E-state index in [2.05, 4.69) is 5.32 Å². The van der Waals surface area contributed by atoms with Gasteiger partial charge in [-0.2, -0.15) is 0 Å². The van der Waals surface area contributed by atoms with Gasteiger partial charge in [0.25, 0.3) is 11.6 Å². The maximum atomic E-state index is 12.6. The molecule has 0 aliphatic carbocycles. The molecule has 112 valence electrons. The van der Waals surface area contributed by atoms with E-state index in [0.717, 1.165) is 32.5 Å². The van der Waals surface area contributed by atoms with Crippen molar-refractivity contribution in [2.45, 2.75) is 25.8 Å². The molecule has 0 aromatic heterocycles. The fourth-order valence-corrected chi connectivity index (χ4v) is 3.40. The summed E-state index contributed by atoms with van der Waals surface area (Å²) in [6, 6.07) is 5.00. The van der Waals surface area contributed by atoms with Crippen molar-refractivity contribution in [1.82, 2.24) is 10.2 Å². The van der Waals surface area contributed by atoms with Crippen LogP contribution in [0.1, 0.15) is 28.8 Å². The van der Waals surface area contributed by atoms with Crippen LogP contribution in [0.15, 0.2) is 18.2 Å². The van der Waals surface area contributed by atoms with Crippen molar-refractivity contribution in [3.63, 3.8) is 0 Å².